The average Bonchev–Trinajstić information content (AvgIpc) is 2.83. The van der Waals surface area contributed by atoms with Crippen LogP contribution in [0.5, 0.6) is 0 Å². The maximum absolute atomic E-state index is 11.9. The van der Waals surface area contributed by atoms with Crippen LogP contribution in [0.25, 0.3) is 0 Å². The van der Waals surface area contributed by atoms with Gasteiger partial charge in [-0.15, -0.1) is 0 Å². The molecule has 1 aliphatic rings. The molecule has 0 bridgehead atoms. The van der Waals surface area contributed by atoms with E-state index in [4.69, 9.17) is 5.11 Å². The Balaban J connectivity index is 2.27. The summed E-state index contributed by atoms with van der Waals surface area (Å²) in [5.41, 5.74) is 1.02. The molecule has 5 heteroatoms. The molecule has 1 unspecified atom stereocenters. The van der Waals surface area contributed by atoms with Crippen molar-refractivity contribution in [3.63, 3.8) is 0 Å². The highest BCUT2D eigenvalue weighted by molar-refractivity contribution is 5.95. The second-order valence-electron chi connectivity index (χ2n) is 4.63. The predicted octanol–water partition coefficient (Wildman–Crippen LogP) is 0.947. The van der Waals surface area contributed by atoms with Crippen molar-refractivity contribution >= 4 is 11.7 Å². The summed E-state index contributed by atoms with van der Waals surface area (Å²) in [6.07, 6.45) is 3.22. The Kier molecular flexibility index (Phi) is 3.47. The summed E-state index contributed by atoms with van der Waals surface area (Å²) in [6, 6.07) is 0. The van der Waals surface area contributed by atoms with Crippen molar-refractivity contribution in [3.05, 3.63) is 11.8 Å². The maximum atomic E-state index is 11.9. The number of anilines is 1. The quantitative estimate of drug-likeness (QED) is 0.848. The molecular weight excluding hydrogens is 218 g/mol. The highest BCUT2D eigenvalue weighted by atomic mass is 16.3. The van der Waals surface area contributed by atoms with Crippen molar-refractivity contribution < 1.29 is 9.90 Å². The first-order valence-electron chi connectivity index (χ1n) is 6.11. The summed E-state index contributed by atoms with van der Waals surface area (Å²) < 4.78 is 1.88. The van der Waals surface area contributed by atoms with E-state index < -0.39 is 0 Å². The topological polar surface area (TPSA) is 58.4 Å². The normalized spacial score (nSPS) is 20.3. The lowest BCUT2D eigenvalue weighted by atomic mass is 10.1. The Labute approximate surface area is 101 Å². The van der Waals surface area contributed by atoms with Gasteiger partial charge in [0.05, 0.1) is 6.20 Å². The average molecular weight is 237 g/mol. The Morgan fingerprint density at radius 3 is 2.94 bits per heavy atom. The highest BCUT2D eigenvalue weighted by Gasteiger charge is 2.32. The van der Waals surface area contributed by atoms with E-state index in [-0.39, 0.29) is 18.4 Å². The van der Waals surface area contributed by atoms with Crippen LogP contribution in [0.15, 0.2) is 6.20 Å². The summed E-state index contributed by atoms with van der Waals surface area (Å²) in [6.45, 7) is 5.54. The largest absolute Gasteiger partial charge is 0.396 e. The fraction of sp³-hybridized carbons (Fsp3) is 0.667. The number of rotatable bonds is 4. The predicted molar refractivity (Wildman–Crippen MR) is 64.8 cm³/mol. The molecule has 2 heterocycles. The van der Waals surface area contributed by atoms with E-state index >= 15 is 0 Å². The van der Waals surface area contributed by atoms with Crippen molar-refractivity contribution in [2.75, 3.05) is 18.1 Å². The molecular formula is C12H19N3O2. The van der Waals surface area contributed by atoms with Crippen molar-refractivity contribution in [1.82, 2.24) is 9.78 Å². The number of nitrogens with zero attached hydrogens (tertiary/aromatic N) is 3. The minimum Gasteiger partial charge on any atom is -0.396 e. The van der Waals surface area contributed by atoms with Crippen LogP contribution in [0, 0.1) is 12.8 Å². The summed E-state index contributed by atoms with van der Waals surface area (Å²) in [7, 11) is 0. The van der Waals surface area contributed by atoms with Gasteiger partial charge in [-0.25, -0.2) is 4.68 Å². The van der Waals surface area contributed by atoms with E-state index in [1.807, 2.05) is 11.6 Å². The summed E-state index contributed by atoms with van der Waals surface area (Å²) in [5, 5.41) is 13.4. The van der Waals surface area contributed by atoms with Crippen LogP contribution in [0.3, 0.4) is 0 Å². The minimum absolute atomic E-state index is 0.0619. The van der Waals surface area contributed by atoms with Gasteiger partial charge in [0.25, 0.3) is 0 Å². The molecule has 1 aliphatic heterocycles. The second-order valence-corrected chi connectivity index (χ2v) is 4.63. The molecule has 5 nitrogen and oxygen atoms in total. The van der Waals surface area contributed by atoms with Crippen LogP contribution in [-0.2, 0) is 11.3 Å². The number of hydrogen-bond donors (Lipinski definition) is 1. The number of aromatic nitrogens is 2. The molecule has 1 fully saturated rings. The van der Waals surface area contributed by atoms with Crippen LogP contribution in [0.1, 0.15) is 25.3 Å². The van der Waals surface area contributed by atoms with E-state index in [9.17, 15) is 4.79 Å². The Hall–Kier alpha value is -1.36. The number of carbonyl (C=O) groups excluding carboxylic acids is 1. The first-order chi connectivity index (χ1) is 8.17. The van der Waals surface area contributed by atoms with Crippen molar-refractivity contribution in [1.29, 1.82) is 0 Å². The SMILES string of the molecule is CCCn1ncc(C)c1N1CC(CO)CC1=O. The van der Waals surface area contributed by atoms with E-state index in [0.29, 0.717) is 13.0 Å². The number of aliphatic hydroxyl groups excluding tert-OH is 1. The molecule has 94 valence electrons. The first kappa shape index (κ1) is 12.1. The Bertz CT molecular complexity index is 414. The van der Waals surface area contributed by atoms with E-state index in [2.05, 4.69) is 12.0 Å². The Morgan fingerprint density at radius 2 is 2.35 bits per heavy atom. The molecule has 2 rings (SSSR count). The van der Waals surface area contributed by atoms with Crippen LogP contribution >= 0.6 is 0 Å². The van der Waals surface area contributed by atoms with Gasteiger partial charge in [-0.3, -0.25) is 9.69 Å². The molecule has 0 spiro atoms. The molecule has 1 saturated heterocycles. The lowest BCUT2D eigenvalue weighted by molar-refractivity contribution is -0.117. The van der Waals surface area contributed by atoms with Gasteiger partial charge in [-0.1, -0.05) is 6.92 Å². The molecule has 0 radical (unpaired) electrons. The molecule has 0 saturated carbocycles. The highest BCUT2D eigenvalue weighted by Crippen LogP contribution is 2.27. The zero-order valence-corrected chi connectivity index (χ0v) is 10.4. The van der Waals surface area contributed by atoms with Gasteiger partial charge in [-0.05, 0) is 13.3 Å². The molecule has 0 aliphatic carbocycles. The lowest BCUT2D eigenvalue weighted by Gasteiger charge is -2.19. The van der Waals surface area contributed by atoms with Crippen LogP contribution in [-0.4, -0.2) is 33.9 Å². The van der Waals surface area contributed by atoms with E-state index in [1.165, 1.54) is 0 Å². The molecule has 1 amide bonds. The van der Waals surface area contributed by atoms with Gasteiger partial charge < -0.3 is 5.11 Å². The maximum Gasteiger partial charge on any atom is 0.228 e. The monoisotopic (exact) mass is 237 g/mol. The van der Waals surface area contributed by atoms with Crippen molar-refractivity contribution in [2.45, 2.75) is 33.2 Å². The second kappa shape index (κ2) is 4.87. The summed E-state index contributed by atoms with van der Waals surface area (Å²) >= 11 is 0. The molecule has 0 aromatic carbocycles. The molecule has 1 aromatic rings. The summed E-state index contributed by atoms with van der Waals surface area (Å²) in [4.78, 5) is 13.7. The smallest absolute Gasteiger partial charge is 0.228 e. The third kappa shape index (κ3) is 2.20. The van der Waals surface area contributed by atoms with Crippen LogP contribution in [0.4, 0.5) is 5.82 Å². The third-order valence-corrected chi connectivity index (χ3v) is 3.14. The number of amides is 1. The minimum atomic E-state index is 0.0619. The van der Waals surface area contributed by atoms with Gasteiger partial charge in [-0.2, -0.15) is 5.10 Å². The van der Waals surface area contributed by atoms with E-state index in [0.717, 1.165) is 24.3 Å². The Morgan fingerprint density at radius 1 is 1.59 bits per heavy atom. The first-order valence-corrected chi connectivity index (χ1v) is 6.11. The van der Waals surface area contributed by atoms with Gasteiger partial charge >= 0.3 is 0 Å². The molecule has 1 N–H and O–H groups in total. The zero-order valence-electron chi connectivity index (χ0n) is 10.4. The molecule has 1 aromatic heterocycles. The number of aliphatic hydroxyl groups is 1. The summed E-state index contributed by atoms with van der Waals surface area (Å²) in [5.74, 6) is 1.05. The van der Waals surface area contributed by atoms with E-state index in [1.54, 1.807) is 11.1 Å². The zero-order chi connectivity index (χ0) is 12.4. The van der Waals surface area contributed by atoms with Crippen LogP contribution in [0.2, 0.25) is 0 Å². The fourth-order valence-electron chi connectivity index (χ4n) is 2.31. The lowest BCUT2D eigenvalue weighted by Crippen LogP contribution is -2.28. The van der Waals surface area contributed by atoms with Crippen LogP contribution < -0.4 is 4.90 Å². The number of carbonyl (C=O) groups is 1. The standard InChI is InChI=1S/C12H19N3O2/c1-3-4-15-12(9(2)6-13-15)14-7-10(8-16)5-11(14)17/h6,10,16H,3-5,7-8H2,1-2H3. The van der Waals surface area contributed by atoms with Crippen molar-refractivity contribution in [3.8, 4) is 0 Å². The van der Waals surface area contributed by atoms with Crippen molar-refractivity contribution in [2.24, 2.45) is 5.92 Å². The number of aryl methyl sites for hydroxylation is 2. The fourth-order valence-corrected chi connectivity index (χ4v) is 2.31. The van der Waals surface area contributed by atoms with Gasteiger partial charge in [0.2, 0.25) is 5.91 Å². The van der Waals surface area contributed by atoms with Gasteiger partial charge in [0.15, 0.2) is 0 Å². The molecule has 17 heavy (non-hydrogen) atoms. The molecule has 1 atom stereocenters. The number of hydrogen-bond acceptors (Lipinski definition) is 3. The third-order valence-electron chi connectivity index (χ3n) is 3.14. The van der Waals surface area contributed by atoms with Gasteiger partial charge in [0, 0.05) is 37.6 Å². The van der Waals surface area contributed by atoms with Gasteiger partial charge in [0.1, 0.15) is 5.82 Å².